The number of piperazine rings is 1. The third kappa shape index (κ3) is 2.46. The van der Waals surface area contributed by atoms with Crippen LogP contribution in [0.25, 0.3) is 0 Å². The molecule has 1 aromatic heterocycles. The van der Waals surface area contributed by atoms with Crippen molar-refractivity contribution in [2.45, 2.75) is 51.7 Å². The summed E-state index contributed by atoms with van der Waals surface area (Å²) in [6.45, 7) is 9.03. The van der Waals surface area contributed by atoms with Gasteiger partial charge in [0.25, 0.3) is 0 Å². The first-order valence-corrected chi connectivity index (χ1v) is 7.94. The predicted molar refractivity (Wildman–Crippen MR) is 75.9 cm³/mol. The third-order valence-corrected chi connectivity index (χ3v) is 5.46. The molecule has 4 heteroatoms. The van der Waals surface area contributed by atoms with E-state index in [0.29, 0.717) is 18.1 Å². The zero-order valence-corrected chi connectivity index (χ0v) is 12.3. The van der Waals surface area contributed by atoms with Crippen molar-refractivity contribution in [3.8, 4) is 0 Å². The Bertz CT molecular complexity index is 413. The second-order valence-electron chi connectivity index (χ2n) is 5.90. The fourth-order valence-corrected chi connectivity index (χ4v) is 3.84. The SMILES string of the molecule is Cc1csc(C(C)N2CC(C3CC3)NCC2C)n1. The van der Waals surface area contributed by atoms with E-state index in [2.05, 4.69) is 41.4 Å². The van der Waals surface area contributed by atoms with E-state index in [1.807, 2.05) is 0 Å². The fraction of sp³-hybridized carbons (Fsp3) is 0.786. The van der Waals surface area contributed by atoms with Crippen molar-refractivity contribution in [3.63, 3.8) is 0 Å². The molecule has 0 amide bonds. The lowest BCUT2D eigenvalue weighted by atomic mass is 10.0. The molecule has 0 spiro atoms. The highest BCUT2D eigenvalue weighted by Gasteiger charge is 2.37. The lowest BCUT2D eigenvalue weighted by molar-refractivity contribution is 0.0923. The maximum Gasteiger partial charge on any atom is 0.110 e. The van der Waals surface area contributed by atoms with Crippen LogP contribution in [0.1, 0.15) is 43.4 Å². The predicted octanol–water partition coefficient (Wildman–Crippen LogP) is 2.58. The van der Waals surface area contributed by atoms with Crippen molar-refractivity contribution in [2.75, 3.05) is 13.1 Å². The lowest BCUT2D eigenvalue weighted by Crippen LogP contribution is -2.56. The van der Waals surface area contributed by atoms with Gasteiger partial charge in [-0.3, -0.25) is 4.90 Å². The first-order chi connectivity index (χ1) is 8.65. The monoisotopic (exact) mass is 265 g/mol. The summed E-state index contributed by atoms with van der Waals surface area (Å²) in [6, 6.07) is 1.78. The molecule has 1 saturated heterocycles. The van der Waals surface area contributed by atoms with Crippen LogP contribution in [-0.4, -0.2) is 35.1 Å². The quantitative estimate of drug-likeness (QED) is 0.910. The van der Waals surface area contributed by atoms with E-state index in [9.17, 15) is 0 Å². The molecule has 2 aliphatic rings. The van der Waals surface area contributed by atoms with E-state index in [1.165, 1.54) is 24.4 Å². The van der Waals surface area contributed by atoms with E-state index in [-0.39, 0.29) is 0 Å². The zero-order valence-electron chi connectivity index (χ0n) is 11.5. The summed E-state index contributed by atoms with van der Waals surface area (Å²) in [4.78, 5) is 7.30. The number of rotatable bonds is 3. The second kappa shape index (κ2) is 4.91. The van der Waals surface area contributed by atoms with Crippen LogP contribution in [0.2, 0.25) is 0 Å². The first-order valence-electron chi connectivity index (χ1n) is 7.06. The summed E-state index contributed by atoms with van der Waals surface area (Å²) in [5.41, 5.74) is 1.16. The topological polar surface area (TPSA) is 28.2 Å². The largest absolute Gasteiger partial charge is 0.311 e. The van der Waals surface area contributed by atoms with Gasteiger partial charge in [0.2, 0.25) is 0 Å². The lowest BCUT2D eigenvalue weighted by Gasteiger charge is -2.41. The van der Waals surface area contributed by atoms with Crippen molar-refractivity contribution < 1.29 is 0 Å². The Kier molecular flexibility index (Phi) is 3.43. The van der Waals surface area contributed by atoms with Crippen LogP contribution in [-0.2, 0) is 0 Å². The minimum absolute atomic E-state index is 0.460. The molecular weight excluding hydrogens is 242 g/mol. The molecular formula is C14H23N3S. The molecule has 2 fully saturated rings. The number of aryl methyl sites for hydroxylation is 1. The van der Waals surface area contributed by atoms with Gasteiger partial charge in [0, 0.05) is 36.2 Å². The summed E-state index contributed by atoms with van der Waals surface area (Å²) in [5.74, 6) is 0.935. The molecule has 1 N–H and O–H groups in total. The molecule has 3 unspecified atom stereocenters. The standard InChI is InChI=1S/C14H23N3S/c1-9-8-18-14(16-9)11(3)17-7-13(12-4-5-12)15-6-10(17)2/h8,10-13,15H,4-7H2,1-3H3. The van der Waals surface area contributed by atoms with E-state index in [4.69, 9.17) is 0 Å². The van der Waals surface area contributed by atoms with Gasteiger partial charge in [0.15, 0.2) is 0 Å². The summed E-state index contributed by atoms with van der Waals surface area (Å²) < 4.78 is 0. The maximum absolute atomic E-state index is 4.66. The number of aromatic nitrogens is 1. The Labute approximate surface area is 114 Å². The van der Waals surface area contributed by atoms with E-state index in [0.717, 1.165) is 18.2 Å². The summed E-state index contributed by atoms with van der Waals surface area (Å²) >= 11 is 1.81. The molecule has 3 atom stereocenters. The van der Waals surface area contributed by atoms with Crippen LogP contribution in [0.3, 0.4) is 0 Å². The second-order valence-corrected chi connectivity index (χ2v) is 6.79. The van der Waals surface area contributed by atoms with Crippen molar-refractivity contribution in [3.05, 3.63) is 16.1 Å². The minimum Gasteiger partial charge on any atom is -0.311 e. The molecule has 1 aliphatic carbocycles. The maximum atomic E-state index is 4.66. The first kappa shape index (κ1) is 12.6. The highest BCUT2D eigenvalue weighted by molar-refractivity contribution is 7.09. The van der Waals surface area contributed by atoms with Gasteiger partial charge in [-0.2, -0.15) is 0 Å². The van der Waals surface area contributed by atoms with Crippen LogP contribution < -0.4 is 5.32 Å². The average molecular weight is 265 g/mol. The number of nitrogens with zero attached hydrogens (tertiary/aromatic N) is 2. The van der Waals surface area contributed by atoms with Crippen LogP contribution in [0.4, 0.5) is 0 Å². The molecule has 3 rings (SSSR count). The highest BCUT2D eigenvalue weighted by Crippen LogP contribution is 2.36. The molecule has 3 nitrogen and oxygen atoms in total. The minimum atomic E-state index is 0.460. The van der Waals surface area contributed by atoms with Gasteiger partial charge in [-0.15, -0.1) is 11.3 Å². The molecule has 1 aromatic rings. The molecule has 100 valence electrons. The normalized spacial score (nSPS) is 31.5. The van der Waals surface area contributed by atoms with Crippen LogP contribution >= 0.6 is 11.3 Å². The average Bonchev–Trinajstić information content (AvgIpc) is 3.11. The smallest absolute Gasteiger partial charge is 0.110 e. The van der Waals surface area contributed by atoms with E-state index in [1.54, 1.807) is 11.3 Å². The van der Waals surface area contributed by atoms with Gasteiger partial charge in [0.05, 0.1) is 6.04 Å². The van der Waals surface area contributed by atoms with Gasteiger partial charge >= 0.3 is 0 Å². The number of hydrogen-bond donors (Lipinski definition) is 1. The summed E-state index contributed by atoms with van der Waals surface area (Å²) in [6.07, 6.45) is 2.84. The van der Waals surface area contributed by atoms with Crippen LogP contribution in [0.15, 0.2) is 5.38 Å². The molecule has 0 radical (unpaired) electrons. The highest BCUT2D eigenvalue weighted by atomic mass is 32.1. The van der Waals surface area contributed by atoms with Crippen molar-refractivity contribution in [1.82, 2.24) is 15.2 Å². The van der Waals surface area contributed by atoms with E-state index >= 15 is 0 Å². The van der Waals surface area contributed by atoms with Crippen LogP contribution in [0.5, 0.6) is 0 Å². The van der Waals surface area contributed by atoms with Gasteiger partial charge < -0.3 is 5.32 Å². The molecule has 0 aromatic carbocycles. The number of nitrogens with one attached hydrogen (secondary N) is 1. The number of hydrogen-bond acceptors (Lipinski definition) is 4. The van der Waals surface area contributed by atoms with Crippen molar-refractivity contribution in [2.24, 2.45) is 5.92 Å². The van der Waals surface area contributed by atoms with Gasteiger partial charge in [-0.25, -0.2) is 4.98 Å². The summed E-state index contributed by atoms with van der Waals surface area (Å²) in [7, 11) is 0. The van der Waals surface area contributed by atoms with Gasteiger partial charge in [-0.1, -0.05) is 0 Å². The Balaban J connectivity index is 1.72. The Morgan fingerprint density at radius 3 is 2.89 bits per heavy atom. The van der Waals surface area contributed by atoms with Gasteiger partial charge in [-0.05, 0) is 39.5 Å². The van der Waals surface area contributed by atoms with Crippen molar-refractivity contribution in [1.29, 1.82) is 0 Å². The third-order valence-electron chi connectivity index (χ3n) is 4.33. The van der Waals surface area contributed by atoms with E-state index < -0.39 is 0 Å². The zero-order chi connectivity index (χ0) is 12.7. The Morgan fingerprint density at radius 1 is 1.50 bits per heavy atom. The summed E-state index contributed by atoms with van der Waals surface area (Å²) in [5, 5.41) is 7.15. The molecule has 1 aliphatic heterocycles. The Morgan fingerprint density at radius 2 is 2.28 bits per heavy atom. The molecule has 2 heterocycles. The number of thiazole rings is 1. The molecule has 0 bridgehead atoms. The van der Waals surface area contributed by atoms with Gasteiger partial charge in [0.1, 0.15) is 5.01 Å². The Hall–Kier alpha value is -0.450. The molecule has 1 saturated carbocycles. The van der Waals surface area contributed by atoms with Crippen molar-refractivity contribution >= 4 is 11.3 Å². The fourth-order valence-electron chi connectivity index (χ4n) is 2.97. The molecule has 18 heavy (non-hydrogen) atoms. The van der Waals surface area contributed by atoms with Crippen LogP contribution in [0, 0.1) is 12.8 Å².